The lowest BCUT2D eigenvalue weighted by Crippen LogP contribution is -2.70. The molecule has 318 valence electrons. The lowest BCUT2D eigenvalue weighted by molar-refractivity contribution is -0.256. The molecule has 60 heavy (non-hydrogen) atoms. The predicted octanol–water partition coefficient (Wildman–Crippen LogP) is 10.1. The van der Waals surface area contributed by atoms with E-state index in [1.807, 2.05) is 49.4 Å². The molecule has 2 N–H and O–H groups in total. The number of nitrogens with zero attached hydrogens (tertiary/aromatic N) is 2. The zero-order valence-corrected chi connectivity index (χ0v) is 34.6. The molecule has 10 nitrogen and oxygen atoms in total. The van der Waals surface area contributed by atoms with Crippen molar-refractivity contribution in [3.63, 3.8) is 0 Å². The Morgan fingerprint density at radius 3 is 2.40 bits per heavy atom. The number of allylic oxidation sites excluding steroid dienone is 1. The fraction of sp³-hybridized carbons (Fsp3) is 0.429. The van der Waals surface area contributed by atoms with Gasteiger partial charge in [-0.1, -0.05) is 72.6 Å². The van der Waals surface area contributed by atoms with Crippen LogP contribution >= 0.6 is 0 Å². The van der Waals surface area contributed by atoms with Gasteiger partial charge in [-0.2, -0.15) is 0 Å². The second-order valence-electron chi connectivity index (χ2n) is 15.8. The highest BCUT2D eigenvalue weighted by Gasteiger charge is 2.65. The minimum atomic E-state index is -1.47. The number of fused-ring (bicyclic) bond motifs is 3. The van der Waals surface area contributed by atoms with Crippen LogP contribution < -0.4 is 9.47 Å². The summed E-state index contributed by atoms with van der Waals surface area (Å²) >= 11 is 0. The van der Waals surface area contributed by atoms with Gasteiger partial charge in [0.15, 0.2) is 0 Å². The first-order chi connectivity index (χ1) is 29.3. The molecule has 0 spiro atoms. The highest BCUT2D eigenvalue weighted by atomic mass is 19.1. The topological polar surface area (TPSA) is 119 Å². The van der Waals surface area contributed by atoms with Crippen LogP contribution in [0.1, 0.15) is 75.8 Å². The number of oxime groups is 1. The highest BCUT2D eigenvalue weighted by molar-refractivity contribution is 6.03. The number of halogens is 1. The summed E-state index contributed by atoms with van der Waals surface area (Å²) in [5, 5.41) is 26.8. The zero-order chi connectivity index (χ0) is 42.1. The molecule has 6 atom stereocenters. The number of carbonyl (C=O) groups excluding carboxylic acids is 1. The van der Waals surface area contributed by atoms with E-state index in [-0.39, 0.29) is 63.0 Å². The molecule has 1 amide bonds. The third kappa shape index (κ3) is 9.08. The van der Waals surface area contributed by atoms with Crippen molar-refractivity contribution in [2.45, 2.75) is 83.1 Å². The number of carbonyl (C=O) groups is 1. The Morgan fingerprint density at radius 2 is 1.67 bits per heavy atom. The summed E-state index contributed by atoms with van der Waals surface area (Å²) in [7, 11) is 0. The predicted molar refractivity (Wildman–Crippen MR) is 230 cm³/mol. The van der Waals surface area contributed by atoms with E-state index in [1.165, 1.54) is 12.1 Å². The number of aliphatic hydroxyl groups is 2. The van der Waals surface area contributed by atoms with Gasteiger partial charge in [-0.3, -0.25) is 4.90 Å². The Labute approximate surface area is 352 Å². The van der Waals surface area contributed by atoms with Gasteiger partial charge in [0.05, 0.1) is 24.8 Å². The van der Waals surface area contributed by atoms with Crippen LogP contribution in [0.5, 0.6) is 17.2 Å². The van der Waals surface area contributed by atoms with Crippen molar-refractivity contribution in [3.05, 3.63) is 126 Å². The van der Waals surface area contributed by atoms with Gasteiger partial charge in [0.2, 0.25) is 5.79 Å². The zero-order valence-electron chi connectivity index (χ0n) is 34.6. The molecule has 0 radical (unpaired) electrons. The van der Waals surface area contributed by atoms with Crippen molar-refractivity contribution in [2.75, 3.05) is 33.0 Å². The molecule has 0 unspecified atom stereocenters. The van der Waals surface area contributed by atoms with E-state index >= 15 is 0 Å². The SMILES string of the molecule is C=CCO[C@@]12Oc3ccc(Oc4ccc5ccccc5c4)cc3[C@H]3[C@H](CCCCO)[C@@H](CCCCO)C=C(C(=NOCC)C[C@@H]1N(Cc1ccc(F)cc1)C(=O)OCC)[C@H]32. The van der Waals surface area contributed by atoms with Crippen LogP contribution in [0, 0.1) is 23.6 Å². The summed E-state index contributed by atoms with van der Waals surface area (Å²) in [6.45, 7) is 8.51. The van der Waals surface area contributed by atoms with Crippen molar-refractivity contribution in [1.29, 1.82) is 0 Å². The summed E-state index contributed by atoms with van der Waals surface area (Å²) in [5.74, 6) is -0.524. The van der Waals surface area contributed by atoms with Gasteiger partial charge in [-0.25, -0.2) is 9.18 Å². The van der Waals surface area contributed by atoms with Crippen molar-refractivity contribution < 1.29 is 43.2 Å². The molecule has 0 saturated heterocycles. The van der Waals surface area contributed by atoms with Gasteiger partial charge in [0, 0.05) is 37.7 Å². The number of aliphatic hydroxyl groups excluding tert-OH is 2. The van der Waals surface area contributed by atoms with Crippen LogP contribution in [0.25, 0.3) is 10.8 Å². The summed E-state index contributed by atoms with van der Waals surface area (Å²) in [6.07, 6.45) is 8.18. The summed E-state index contributed by atoms with van der Waals surface area (Å²) in [6, 6.07) is 25.4. The Balaban J connectivity index is 1.44. The van der Waals surface area contributed by atoms with Gasteiger partial charge in [0.1, 0.15) is 35.7 Å². The second kappa shape index (κ2) is 19.9. The summed E-state index contributed by atoms with van der Waals surface area (Å²) < 4.78 is 40.9. The normalized spacial score (nSPS) is 23.5. The maximum Gasteiger partial charge on any atom is 0.410 e. The first kappa shape index (κ1) is 42.9. The molecule has 0 bridgehead atoms. The molecule has 1 heterocycles. The van der Waals surface area contributed by atoms with Crippen LogP contribution in [0.3, 0.4) is 0 Å². The van der Waals surface area contributed by atoms with E-state index in [2.05, 4.69) is 30.9 Å². The van der Waals surface area contributed by atoms with Gasteiger partial charge in [-0.15, -0.1) is 6.58 Å². The van der Waals surface area contributed by atoms with E-state index in [0.717, 1.165) is 47.6 Å². The Kier molecular flexibility index (Phi) is 14.2. The smallest absolute Gasteiger partial charge is 0.410 e. The molecule has 0 aromatic heterocycles. The Morgan fingerprint density at radius 1 is 0.933 bits per heavy atom. The maximum atomic E-state index is 14.3. The highest BCUT2D eigenvalue weighted by Crippen LogP contribution is 2.62. The second-order valence-corrected chi connectivity index (χ2v) is 15.8. The average molecular weight is 821 g/mol. The number of hydrogen-bond acceptors (Lipinski definition) is 9. The largest absolute Gasteiger partial charge is 0.459 e. The minimum Gasteiger partial charge on any atom is -0.459 e. The number of amides is 1. The van der Waals surface area contributed by atoms with E-state index in [0.29, 0.717) is 48.0 Å². The summed E-state index contributed by atoms with van der Waals surface area (Å²) in [4.78, 5) is 21.8. The van der Waals surface area contributed by atoms with E-state index in [9.17, 15) is 19.4 Å². The van der Waals surface area contributed by atoms with Crippen molar-refractivity contribution >= 4 is 22.6 Å². The number of benzene rings is 4. The van der Waals surface area contributed by atoms with E-state index in [1.54, 1.807) is 30.0 Å². The monoisotopic (exact) mass is 820 g/mol. The van der Waals surface area contributed by atoms with Crippen LogP contribution in [0.4, 0.5) is 9.18 Å². The van der Waals surface area contributed by atoms with Crippen molar-refractivity contribution in [3.8, 4) is 17.2 Å². The quantitative estimate of drug-likeness (QED) is 0.0545. The van der Waals surface area contributed by atoms with E-state index < -0.39 is 23.8 Å². The number of unbranched alkanes of at least 4 members (excludes halogenated alkanes) is 2. The van der Waals surface area contributed by atoms with Gasteiger partial charge >= 0.3 is 6.09 Å². The fourth-order valence-corrected chi connectivity index (χ4v) is 9.52. The fourth-order valence-electron chi connectivity index (χ4n) is 9.52. The average Bonchev–Trinajstić information content (AvgIpc) is 3.26. The molecule has 2 aliphatic carbocycles. The van der Waals surface area contributed by atoms with Crippen LogP contribution in [0.15, 0.2) is 114 Å². The van der Waals surface area contributed by atoms with Crippen LogP contribution in [-0.2, 0) is 20.9 Å². The molecule has 1 aliphatic heterocycles. The van der Waals surface area contributed by atoms with Gasteiger partial charge in [0.25, 0.3) is 0 Å². The van der Waals surface area contributed by atoms with Gasteiger partial charge in [-0.05, 0) is 116 Å². The maximum absolute atomic E-state index is 14.3. The van der Waals surface area contributed by atoms with Gasteiger partial charge < -0.3 is 34.0 Å². The standard InChI is InChI=1S/C49H57FN2O8/c1-4-27-57-49-45(52(48(55)56-5-2)32-33-17-20-37(50)21-18-33)31-43(51-58-6-3)41-29-36(15-9-11-25-53)40(16-10-12-26-54)46(47(41)49)42-30-39(23-24-44(42)60-49)59-38-22-19-34-13-7-8-14-35(34)28-38/h4,7-8,13-14,17-24,28-30,36,40,45-47,53-54H,1,5-6,9-12,15-16,25-27,31-32H2,2-3H3/t36-,40+,45-,46+,47+,49+/m0/s1. The molecule has 7 rings (SSSR count). The first-order valence-corrected chi connectivity index (χ1v) is 21.4. The molecule has 1 fully saturated rings. The molecule has 3 aliphatic rings. The number of rotatable bonds is 19. The lowest BCUT2D eigenvalue weighted by atomic mass is 9.55. The first-order valence-electron chi connectivity index (χ1n) is 21.4. The van der Waals surface area contributed by atoms with E-state index in [4.69, 9.17) is 28.9 Å². The molecular formula is C49H57FN2O8. The van der Waals surface area contributed by atoms with Crippen molar-refractivity contribution in [1.82, 2.24) is 4.90 Å². The Hall–Kier alpha value is -5.23. The summed E-state index contributed by atoms with van der Waals surface area (Å²) in [5.41, 5.74) is 3.25. The lowest BCUT2D eigenvalue weighted by Gasteiger charge is -2.59. The number of ether oxygens (including phenoxy) is 4. The molecule has 4 aromatic rings. The molecule has 1 saturated carbocycles. The minimum absolute atomic E-state index is 0.0366. The molecular weight excluding hydrogens is 764 g/mol. The third-order valence-electron chi connectivity index (χ3n) is 12.0. The molecule has 11 heteroatoms. The Bertz CT molecular complexity index is 2160. The number of hydrogen-bond donors (Lipinski definition) is 2. The van der Waals surface area contributed by atoms with Crippen molar-refractivity contribution in [2.24, 2.45) is 22.9 Å². The molecule has 4 aromatic carbocycles. The van der Waals surface area contributed by atoms with Crippen LogP contribution in [0.2, 0.25) is 0 Å². The van der Waals surface area contributed by atoms with Crippen LogP contribution in [-0.4, -0.2) is 71.8 Å². The third-order valence-corrected chi connectivity index (χ3v) is 12.0.